The first-order chi connectivity index (χ1) is 16.5. The van der Waals surface area contributed by atoms with Crippen LogP contribution < -0.4 is 5.32 Å². The highest BCUT2D eigenvalue weighted by molar-refractivity contribution is 7.10. The number of nitrogens with one attached hydrogen (secondary N) is 1. The van der Waals surface area contributed by atoms with Gasteiger partial charge in [-0.3, -0.25) is 9.20 Å². The lowest BCUT2D eigenvalue weighted by Gasteiger charge is -2.10. The average Bonchev–Trinajstić information content (AvgIpc) is 3.60. The SMILES string of the molecule is C.CC.Cc1nc(-c2ccc(C)c(NC(=O)c3cnc4cc(-c5ncsc5CO)ccn34)c2)no1. The van der Waals surface area contributed by atoms with Crippen molar-refractivity contribution in [3.05, 3.63) is 70.3 Å². The van der Waals surface area contributed by atoms with Gasteiger partial charge in [0.1, 0.15) is 11.3 Å². The van der Waals surface area contributed by atoms with Crippen LogP contribution in [0.1, 0.15) is 48.1 Å². The zero-order chi connectivity index (χ0) is 24.2. The van der Waals surface area contributed by atoms with Gasteiger partial charge in [-0.2, -0.15) is 4.98 Å². The predicted octanol–water partition coefficient (Wildman–Crippen LogP) is 5.53. The van der Waals surface area contributed by atoms with Crippen molar-refractivity contribution in [1.82, 2.24) is 24.5 Å². The first-order valence-corrected chi connectivity index (χ1v) is 11.6. The molecule has 0 radical (unpaired) electrons. The molecule has 0 bridgehead atoms. The van der Waals surface area contributed by atoms with Crippen LogP contribution in [0.2, 0.25) is 0 Å². The van der Waals surface area contributed by atoms with Crippen LogP contribution in [0.4, 0.5) is 5.69 Å². The number of anilines is 1. The van der Waals surface area contributed by atoms with E-state index in [1.54, 1.807) is 23.0 Å². The number of hydrogen-bond acceptors (Lipinski definition) is 8. The third-order valence-corrected chi connectivity index (χ3v) is 5.89. The standard InChI is InChI=1S/C22H18N6O3S.C2H6.CH4/c1-12-3-4-15(21-25-13(2)31-27-21)7-16(12)26-22(30)17-9-23-19-8-14(5-6-28(17)19)20-18(10-29)32-11-24-20;1-2;/h3-9,11,29H,10H2,1-2H3,(H,26,30);1-2H3;1H4. The molecule has 9 nitrogen and oxygen atoms in total. The third-order valence-electron chi connectivity index (χ3n) is 5.08. The van der Waals surface area contributed by atoms with Crippen molar-refractivity contribution in [2.45, 2.75) is 41.7 Å². The quantitative estimate of drug-likeness (QED) is 0.331. The Morgan fingerprint density at radius 1 is 1.14 bits per heavy atom. The molecule has 0 saturated carbocycles. The minimum absolute atomic E-state index is 0. The van der Waals surface area contributed by atoms with Gasteiger partial charge in [0.15, 0.2) is 0 Å². The maximum atomic E-state index is 13.0. The normalized spacial score (nSPS) is 10.4. The number of pyridine rings is 1. The Bertz CT molecular complexity index is 1450. The summed E-state index contributed by atoms with van der Waals surface area (Å²) < 4.78 is 6.76. The molecule has 5 aromatic rings. The van der Waals surface area contributed by atoms with Gasteiger partial charge in [0, 0.05) is 29.9 Å². The van der Waals surface area contributed by atoms with Crippen molar-refractivity contribution < 1.29 is 14.4 Å². The molecule has 1 amide bonds. The fourth-order valence-electron chi connectivity index (χ4n) is 3.41. The Morgan fingerprint density at radius 2 is 1.94 bits per heavy atom. The van der Waals surface area contributed by atoms with Crippen LogP contribution in [0.25, 0.3) is 28.3 Å². The molecular weight excluding hydrogens is 464 g/mol. The first-order valence-electron chi connectivity index (χ1n) is 10.8. The summed E-state index contributed by atoms with van der Waals surface area (Å²) in [6.45, 7) is 7.56. The van der Waals surface area contributed by atoms with Gasteiger partial charge < -0.3 is 14.9 Å². The highest BCUT2D eigenvalue weighted by Crippen LogP contribution is 2.27. The van der Waals surface area contributed by atoms with Crippen molar-refractivity contribution in [3.63, 3.8) is 0 Å². The van der Waals surface area contributed by atoms with Crippen molar-refractivity contribution in [3.8, 4) is 22.6 Å². The molecule has 0 atom stereocenters. The molecule has 0 aliphatic rings. The van der Waals surface area contributed by atoms with E-state index in [0.29, 0.717) is 28.7 Å². The molecule has 1 aromatic carbocycles. The number of benzene rings is 1. The van der Waals surface area contributed by atoms with Gasteiger partial charge in [0.25, 0.3) is 5.91 Å². The number of aryl methyl sites for hydroxylation is 2. The summed E-state index contributed by atoms with van der Waals surface area (Å²) in [6, 6.07) is 9.28. The fraction of sp³-hybridized carbons (Fsp3) is 0.240. The van der Waals surface area contributed by atoms with Gasteiger partial charge in [-0.15, -0.1) is 11.3 Å². The summed E-state index contributed by atoms with van der Waals surface area (Å²) in [5.41, 5.74) is 6.55. The van der Waals surface area contributed by atoms with Crippen molar-refractivity contribution in [2.75, 3.05) is 5.32 Å². The Hall–Kier alpha value is -3.89. The van der Waals surface area contributed by atoms with Crippen LogP contribution in [-0.4, -0.2) is 35.5 Å². The summed E-state index contributed by atoms with van der Waals surface area (Å²) in [5, 5.41) is 16.4. The number of nitrogens with zero attached hydrogens (tertiary/aromatic N) is 5. The topological polar surface area (TPSA) is 118 Å². The largest absolute Gasteiger partial charge is 0.391 e. The summed E-state index contributed by atoms with van der Waals surface area (Å²) in [5.74, 6) is 0.643. The molecule has 5 rings (SSSR count). The van der Waals surface area contributed by atoms with Gasteiger partial charge in [0.05, 0.1) is 28.9 Å². The van der Waals surface area contributed by atoms with E-state index in [0.717, 1.165) is 27.3 Å². The van der Waals surface area contributed by atoms with E-state index in [9.17, 15) is 9.90 Å². The molecule has 35 heavy (non-hydrogen) atoms. The summed E-state index contributed by atoms with van der Waals surface area (Å²) in [7, 11) is 0. The van der Waals surface area contributed by atoms with Crippen LogP contribution in [-0.2, 0) is 6.61 Å². The number of hydrogen-bond donors (Lipinski definition) is 2. The highest BCUT2D eigenvalue weighted by Gasteiger charge is 2.16. The lowest BCUT2D eigenvalue weighted by atomic mass is 10.1. The number of fused-ring (bicyclic) bond motifs is 1. The highest BCUT2D eigenvalue weighted by atomic mass is 32.1. The number of aliphatic hydroxyl groups excluding tert-OH is 1. The number of carbonyl (C=O) groups excluding carboxylic acids is 1. The second kappa shape index (κ2) is 11.0. The molecule has 4 heterocycles. The number of thiazole rings is 1. The van der Waals surface area contributed by atoms with Crippen LogP contribution in [0.15, 0.2) is 52.8 Å². The minimum atomic E-state index is -0.292. The van der Waals surface area contributed by atoms with Gasteiger partial charge in [0.2, 0.25) is 11.7 Å². The van der Waals surface area contributed by atoms with E-state index in [-0.39, 0.29) is 19.9 Å². The fourth-order valence-corrected chi connectivity index (χ4v) is 4.05. The number of amides is 1. The second-order valence-electron chi connectivity index (χ2n) is 7.19. The summed E-state index contributed by atoms with van der Waals surface area (Å²) in [6.07, 6.45) is 3.31. The zero-order valence-electron chi connectivity index (χ0n) is 19.2. The lowest BCUT2D eigenvalue weighted by Crippen LogP contribution is -2.15. The van der Waals surface area contributed by atoms with Crippen LogP contribution in [0.5, 0.6) is 0 Å². The minimum Gasteiger partial charge on any atom is -0.391 e. The lowest BCUT2D eigenvalue weighted by molar-refractivity contribution is 0.102. The zero-order valence-corrected chi connectivity index (χ0v) is 20.1. The monoisotopic (exact) mass is 492 g/mol. The summed E-state index contributed by atoms with van der Waals surface area (Å²) >= 11 is 1.40. The Morgan fingerprint density at radius 3 is 2.66 bits per heavy atom. The van der Waals surface area contributed by atoms with E-state index in [4.69, 9.17) is 4.52 Å². The number of aliphatic hydroxyl groups is 1. The molecular formula is C25H28N6O3S. The van der Waals surface area contributed by atoms with Crippen molar-refractivity contribution in [1.29, 1.82) is 0 Å². The van der Waals surface area contributed by atoms with Crippen LogP contribution >= 0.6 is 11.3 Å². The molecule has 0 fully saturated rings. The molecule has 0 unspecified atom stereocenters. The number of rotatable bonds is 5. The molecule has 0 saturated heterocycles. The molecule has 4 aromatic heterocycles. The third kappa shape index (κ3) is 5.13. The van der Waals surface area contributed by atoms with E-state index >= 15 is 0 Å². The number of carbonyl (C=O) groups is 1. The van der Waals surface area contributed by atoms with Gasteiger partial charge in [-0.1, -0.05) is 38.6 Å². The van der Waals surface area contributed by atoms with E-state index in [1.165, 1.54) is 17.5 Å². The Labute approximate surface area is 207 Å². The molecule has 0 aliphatic carbocycles. The van der Waals surface area contributed by atoms with Gasteiger partial charge >= 0.3 is 0 Å². The van der Waals surface area contributed by atoms with Crippen molar-refractivity contribution >= 4 is 28.6 Å². The second-order valence-corrected chi connectivity index (χ2v) is 8.13. The Kier molecular flexibility index (Phi) is 8.10. The van der Waals surface area contributed by atoms with E-state index in [1.807, 2.05) is 51.1 Å². The number of aromatic nitrogens is 5. The van der Waals surface area contributed by atoms with Crippen LogP contribution in [0, 0.1) is 13.8 Å². The van der Waals surface area contributed by atoms with Gasteiger partial charge in [-0.05, 0) is 30.7 Å². The average molecular weight is 493 g/mol. The molecule has 182 valence electrons. The molecule has 0 spiro atoms. The molecule has 10 heteroatoms. The Balaban J connectivity index is 0.00000111. The molecule has 0 aliphatic heterocycles. The maximum Gasteiger partial charge on any atom is 0.274 e. The summed E-state index contributed by atoms with van der Waals surface area (Å²) in [4.78, 5) is 26.8. The van der Waals surface area contributed by atoms with E-state index < -0.39 is 0 Å². The first kappa shape index (κ1) is 25.7. The van der Waals surface area contributed by atoms with Crippen LogP contribution in [0.3, 0.4) is 0 Å². The van der Waals surface area contributed by atoms with Crippen molar-refractivity contribution in [2.24, 2.45) is 0 Å². The number of imidazole rings is 1. The van der Waals surface area contributed by atoms with Gasteiger partial charge in [-0.25, -0.2) is 9.97 Å². The maximum absolute atomic E-state index is 13.0. The van der Waals surface area contributed by atoms with E-state index in [2.05, 4.69) is 25.4 Å². The smallest absolute Gasteiger partial charge is 0.274 e. The molecule has 2 N–H and O–H groups in total. The predicted molar refractivity (Wildman–Crippen MR) is 137 cm³/mol.